The van der Waals surface area contributed by atoms with Gasteiger partial charge in [0.25, 0.3) is 0 Å². The molecule has 2 N–H and O–H groups in total. The van der Waals surface area contributed by atoms with Gasteiger partial charge in [-0.3, -0.25) is 0 Å². The molecule has 2 aromatic carbocycles. The number of hydrogen-bond donors (Lipinski definition) is 2. The summed E-state index contributed by atoms with van der Waals surface area (Å²) in [4.78, 5) is 8.37. The molecule has 0 radical (unpaired) electrons. The third-order valence-electron chi connectivity index (χ3n) is 3.44. The second-order valence-corrected chi connectivity index (χ2v) is 5.09. The van der Waals surface area contributed by atoms with Gasteiger partial charge < -0.3 is 15.4 Å². The molecular formula is C18H17FN4O. The van der Waals surface area contributed by atoms with E-state index in [0.29, 0.717) is 18.2 Å². The standard InChI is InChI=1S/C18H17FN4O/c1-24-16-5-3-2-4-13(16)11-20-17-10-18(22-12-21-17)23-15-8-6-14(19)7-9-15/h2-10,12H,11H2,1H3,(H2,20,21,22,23). The Morgan fingerprint density at radius 2 is 1.75 bits per heavy atom. The van der Waals surface area contributed by atoms with Crippen LogP contribution < -0.4 is 15.4 Å². The van der Waals surface area contributed by atoms with Gasteiger partial charge in [0.05, 0.1) is 7.11 Å². The smallest absolute Gasteiger partial charge is 0.135 e. The van der Waals surface area contributed by atoms with Crippen molar-refractivity contribution in [2.24, 2.45) is 0 Å². The fraction of sp³-hybridized carbons (Fsp3) is 0.111. The van der Waals surface area contributed by atoms with E-state index in [9.17, 15) is 4.39 Å². The molecule has 0 aliphatic rings. The van der Waals surface area contributed by atoms with Crippen molar-refractivity contribution in [1.82, 2.24) is 9.97 Å². The van der Waals surface area contributed by atoms with Crippen LogP contribution in [0.25, 0.3) is 0 Å². The van der Waals surface area contributed by atoms with Gasteiger partial charge in [-0.2, -0.15) is 0 Å². The number of ether oxygens (including phenoxy) is 1. The molecule has 0 unspecified atom stereocenters. The molecule has 0 bridgehead atoms. The highest BCUT2D eigenvalue weighted by Gasteiger charge is 2.03. The zero-order valence-electron chi connectivity index (χ0n) is 13.2. The molecule has 1 aromatic heterocycles. The molecule has 0 atom stereocenters. The van der Waals surface area contributed by atoms with Crippen LogP contribution >= 0.6 is 0 Å². The molecule has 0 amide bonds. The van der Waals surface area contributed by atoms with Crippen molar-refractivity contribution >= 4 is 17.3 Å². The summed E-state index contributed by atoms with van der Waals surface area (Å²) in [5, 5.41) is 6.35. The summed E-state index contributed by atoms with van der Waals surface area (Å²) in [6.07, 6.45) is 1.47. The average molecular weight is 324 g/mol. The minimum absolute atomic E-state index is 0.276. The van der Waals surface area contributed by atoms with Gasteiger partial charge in [-0.15, -0.1) is 0 Å². The minimum Gasteiger partial charge on any atom is -0.496 e. The van der Waals surface area contributed by atoms with Crippen LogP contribution in [0.15, 0.2) is 60.9 Å². The van der Waals surface area contributed by atoms with E-state index in [2.05, 4.69) is 20.6 Å². The lowest BCUT2D eigenvalue weighted by atomic mass is 10.2. The number of nitrogens with one attached hydrogen (secondary N) is 2. The van der Waals surface area contributed by atoms with Crippen molar-refractivity contribution in [1.29, 1.82) is 0 Å². The van der Waals surface area contributed by atoms with Crippen molar-refractivity contribution in [2.75, 3.05) is 17.7 Å². The number of aromatic nitrogens is 2. The number of anilines is 3. The maximum absolute atomic E-state index is 12.9. The van der Waals surface area contributed by atoms with Crippen LogP contribution in [0.5, 0.6) is 5.75 Å². The Bertz CT molecular complexity index is 808. The molecular weight excluding hydrogens is 307 g/mol. The molecule has 5 nitrogen and oxygen atoms in total. The van der Waals surface area contributed by atoms with Crippen LogP contribution in [0.1, 0.15) is 5.56 Å². The van der Waals surface area contributed by atoms with E-state index in [0.717, 1.165) is 17.0 Å². The molecule has 1 heterocycles. The Morgan fingerprint density at radius 3 is 2.54 bits per heavy atom. The van der Waals surface area contributed by atoms with Gasteiger partial charge in [0.1, 0.15) is 29.5 Å². The van der Waals surface area contributed by atoms with E-state index >= 15 is 0 Å². The normalized spacial score (nSPS) is 10.2. The summed E-state index contributed by atoms with van der Waals surface area (Å²) in [5.41, 5.74) is 1.79. The number of rotatable bonds is 6. The van der Waals surface area contributed by atoms with Crippen LogP contribution in [0.4, 0.5) is 21.7 Å². The van der Waals surface area contributed by atoms with Crippen LogP contribution in [0, 0.1) is 5.82 Å². The maximum atomic E-state index is 12.9. The Morgan fingerprint density at radius 1 is 1.00 bits per heavy atom. The molecule has 0 saturated carbocycles. The summed E-state index contributed by atoms with van der Waals surface area (Å²) in [6.45, 7) is 0.580. The van der Waals surface area contributed by atoms with Crippen molar-refractivity contribution in [3.05, 3.63) is 72.3 Å². The second-order valence-electron chi connectivity index (χ2n) is 5.09. The minimum atomic E-state index is -0.276. The molecule has 0 spiro atoms. The zero-order chi connectivity index (χ0) is 16.8. The Hall–Kier alpha value is -3.15. The third-order valence-corrected chi connectivity index (χ3v) is 3.44. The van der Waals surface area contributed by atoms with Gasteiger partial charge in [-0.1, -0.05) is 18.2 Å². The number of nitrogens with zero attached hydrogens (tertiary/aromatic N) is 2. The number of methoxy groups -OCH3 is 1. The van der Waals surface area contributed by atoms with E-state index < -0.39 is 0 Å². The van der Waals surface area contributed by atoms with Gasteiger partial charge in [0.2, 0.25) is 0 Å². The summed E-state index contributed by atoms with van der Waals surface area (Å²) >= 11 is 0. The van der Waals surface area contributed by atoms with Crippen LogP contribution in [0.2, 0.25) is 0 Å². The number of para-hydroxylation sites is 1. The average Bonchev–Trinajstić information content (AvgIpc) is 2.62. The highest BCUT2D eigenvalue weighted by atomic mass is 19.1. The molecule has 3 rings (SSSR count). The monoisotopic (exact) mass is 324 g/mol. The van der Waals surface area contributed by atoms with Crippen LogP contribution in [-0.4, -0.2) is 17.1 Å². The quantitative estimate of drug-likeness (QED) is 0.718. The SMILES string of the molecule is COc1ccccc1CNc1cc(Nc2ccc(F)cc2)ncn1. The first-order chi connectivity index (χ1) is 11.7. The molecule has 24 heavy (non-hydrogen) atoms. The lowest BCUT2D eigenvalue weighted by molar-refractivity contribution is 0.410. The number of hydrogen-bond acceptors (Lipinski definition) is 5. The third kappa shape index (κ3) is 3.98. The van der Waals surface area contributed by atoms with E-state index in [-0.39, 0.29) is 5.82 Å². The van der Waals surface area contributed by atoms with Crippen LogP contribution in [-0.2, 0) is 6.54 Å². The van der Waals surface area contributed by atoms with Gasteiger partial charge >= 0.3 is 0 Å². The first-order valence-corrected chi connectivity index (χ1v) is 7.45. The first kappa shape index (κ1) is 15.7. The Kier molecular flexibility index (Phi) is 4.86. The topological polar surface area (TPSA) is 59.1 Å². The summed E-state index contributed by atoms with van der Waals surface area (Å²) in [5.74, 6) is 1.85. The predicted molar refractivity (Wildman–Crippen MR) is 92.0 cm³/mol. The Labute approximate surface area is 139 Å². The molecule has 0 fully saturated rings. The molecule has 0 aliphatic carbocycles. The molecule has 3 aromatic rings. The summed E-state index contributed by atoms with van der Waals surface area (Å²) in [6, 6.07) is 15.7. The van der Waals surface area contributed by atoms with Crippen molar-refractivity contribution in [3.8, 4) is 5.75 Å². The highest BCUT2D eigenvalue weighted by Crippen LogP contribution is 2.20. The molecule has 0 saturated heterocycles. The summed E-state index contributed by atoms with van der Waals surface area (Å²) in [7, 11) is 1.65. The largest absolute Gasteiger partial charge is 0.496 e. The van der Waals surface area contributed by atoms with Crippen molar-refractivity contribution in [3.63, 3.8) is 0 Å². The fourth-order valence-corrected chi connectivity index (χ4v) is 2.24. The zero-order valence-corrected chi connectivity index (χ0v) is 13.2. The van der Waals surface area contributed by atoms with Gasteiger partial charge in [-0.05, 0) is 30.3 Å². The number of halogens is 1. The van der Waals surface area contributed by atoms with Gasteiger partial charge in [0, 0.05) is 23.9 Å². The van der Waals surface area contributed by atoms with Gasteiger partial charge in [0.15, 0.2) is 0 Å². The lowest BCUT2D eigenvalue weighted by Crippen LogP contribution is -2.04. The van der Waals surface area contributed by atoms with E-state index in [1.54, 1.807) is 25.3 Å². The highest BCUT2D eigenvalue weighted by molar-refractivity contribution is 5.58. The van der Waals surface area contributed by atoms with E-state index in [1.807, 2.05) is 24.3 Å². The van der Waals surface area contributed by atoms with E-state index in [1.165, 1.54) is 18.5 Å². The molecule has 122 valence electrons. The van der Waals surface area contributed by atoms with Gasteiger partial charge in [-0.25, -0.2) is 14.4 Å². The molecule has 0 aliphatic heterocycles. The maximum Gasteiger partial charge on any atom is 0.135 e. The Balaban J connectivity index is 1.68. The summed E-state index contributed by atoms with van der Waals surface area (Å²) < 4.78 is 18.3. The first-order valence-electron chi connectivity index (χ1n) is 7.45. The van der Waals surface area contributed by atoms with Crippen molar-refractivity contribution < 1.29 is 9.13 Å². The second kappa shape index (κ2) is 7.41. The lowest BCUT2D eigenvalue weighted by Gasteiger charge is -2.11. The van der Waals surface area contributed by atoms with Crippen molar-refractivity contribution in [2.45, 2.75) is 6.54 Å². The predicted octanol–water partition coefficient (Wildman–Crippen LogP) is 3.98. The molecule has 6 heteroatoms. The fourth-order valence-electron chi connectivity index (χ4n) is 2.24. The van der Waals surface area contributed by atoms with E-state index in [4.69, 9.17) is 4.74 Å². The number of benzene rings is 2. The van der Waals surface area contributed by atoms with Crippen LogP contribution in [0.3, 0.4) is 0 Å².